The molecule has 150 valence electrons. The lowest BCUT2D eigenvalue weighted by Crippen LogP contribution is -2.50. The van der Waals surface area contributed by atoms with E-state index in [9.17, 15) is 9.59 Å². The highest BCUT2D eigenvalue weighted by Crippen LogP contribution is 2.50. The van der Waals surface area contributed by atoms with Crippen LogP contribution < -0.4 is 4.90 Å². The molecule has 0 saturated carbocycles. The predicted octanol–water partition coefficient (Wildman–Crippen LogP) is 4.23. The fraction of sp³-hybridized carbons (Fsp3) is 0.364. The average molecular weight is 430 g/mol. The monoisotopic (exact) mass is 429 g/mol. The van der Waals surface area contributed by atoms with Gasteiger partial charge < -0.3 is 0 Å². The number of carbonyl (C=O) groups is 2. The van der Waals surface area contributed by atoms with E-state index in [4.69, 9.17) is 23.2 Å². The predicted molar refractivity (Wildman–Crippen MR) is 113 cm³/mol. The third-order valence-corrected chi connectivity index (χ3v) is 6.85. The van der Waals surface area contributed by atoms with Crippen LogP contribution in [0.15, 0.2) is 42.5 Å². The van der Waals surface area contributed by atoms with Gasteiger partial charge in [-0.3, -0.25) is 9.59 Å². The summed E-state index contributed by atoms with van der Waals surface area (Å²) in [6, 6.07) is 12.6. The van der Waals surface area contributed by atoms with E-state index in [1.165, 1.54) is 4.90 Å². The molecule has 0 spiro atoms. The molecule has 0 aromatic heterocycles. The molecule has 7 heteroatoms. The molecule has 3 saturated heterocycles. The van der Waals surface area contributed by atoms with Gasteiger partial charge in [-0.1, -0.05) is 59.1 Å². The van der Waals surface area contributed by atoms with Crippen molar-refractivity contribution in [2.24, 2.45) is 5.92 Å². The van der Waals surface area contributed by atoms with Crippen molar-refractivity contribution in [1.82, 2.24) is 10.0 Å². The van der Waals surface area contributed by atoms with Gasteiger partial charge in [0.05, 0.1) is 27.7 Å². The van der Waals surface area contributed by atoms with Crippen molar-refractivity contribution in [1.29, 1.82) is 0 Å². The maximum atomic E-state index is 13.6. The minimum Gasteiger partial charge on any atom is -0.274 e. The lowest BCUT2D eigenvalue weighted by Gasteiger charge is -2.39. The molecule has 3 atom stereocenters. The molecule has 3 heterocycles. The second-order valence-corrected chi connectivity index (χ2v) is 8.76. The molecule has 3 fully saturated rings. The molecule has 2 amide bonds. The summed E-state index contributed by atoms with van der Waals surface area (Å²) in [5, 5.41) is 4.94. The summed E-state index contributed by atoms with van der Waals surface area (Å²) in [4.78, 5) is 28.4. The van der Waals surface area contributed by atoms with Crippen LogP contribution in [-0.2, 0) is 9.59 Å². The van der Waals surface area contributed by atoms with Crippen molar-refractivity contribution in [3.05, 3.63) is 63.6 Å². The van der Waals surface area contributed by atoms with Crippen LogP contribution >= 0.6 is 23.2 Å². The van der Waals surface area contributed by atoms with Crippen molar-refractivity contribution in [3.8, 4) is 0 Å². The van der Waals surface area contributed by atoms with E-state index in [0.717, 1.165) is 37.1 Å². The topological polar surface area (TPSA) is 43.9 Å². The molecule has 29 heavy (non-hydrogen) atoms. The van der Waals surface area contributed by atoms with Crippen LogP contribution in [0.2, 0.25) is 10.0 Å². The largest absolute Gasteiger partial charge is 0.274 e. The highest BCUT2D eigenvalue weighted by Gasteiger charge is 2.62. The average Bonchev–Trinajstić information content (AvgIpc) is 3.17. The summed E-state index contributed by atoms with van der Waals surface area (Å²) >= 11 is 12.7. The summed E-state index contributed by atoms with van der Waals surface area (Å²) in [6.07, 6.45) is 2.06. The molecule has 0 unspecified atom stereocenters. The Hall–Kier alpha value is -1.92. The van der Waals surface area contributed by atoms with Crippen LogP contribution in [0.1, 0.15) is 30.0 Å². The summed E-state index contributed by atoms with van der Waals surface area (Å²) in [5.41, 5.74) is 2.52. The Bertz CT molecular complexity index is 974. The smallest absolute Gasteiger partial charge is 0.253 e. The number of halogens is 2. The number of rotatable bonds is 2. The van der Waals surface area contributed by atoms with Gasteiger partial charge in [-0.15, -0.1) is 0 Å². The molecule has 3 aliphatic rings. The third-order valence-electron chi connectivity index (χ3n) is 6.24. The fourth-order valence-corrected chi connectivity index (χ4v) is 5.52. The Morgan fingerprint density at radius 2 is 1.41 bits per heavy atom. The Balaban J connectivity index is 1.62. The number of carbonyl (C=O) groups excluding carboxylic acids is 2. The zero-order valence-corrected chi connectivity index (χ0v) is 17.5. The van der Waals surface area contributed by atoms with Gasteiger partial charge in [0, 0.05) is 13.1 Å². The fourth-order valence-electron chi connectivity index (χ4n) is 4.95. The number of imide groups is 1. The van der Waals surface area contributed by atoms with Gasteiger partial charge in [0.25, 0.3) is 5.91 Å². The van der Waals surface area contributed by atoms with Gasteiger partial charge in [0.2, 0.25) is 5.91 Å². The van der Waals surface area contributed by atoms with E-state index >= 15 is 0 Å². The van der Waals surface area contributed by atoms with E-state index in [1.54, 1.807) is 18.2 Å². The van der Waals surface area contributed by atoms with Crippen LogP contribution in [0.25, 0.3) is 0 Å². The zero-order valence-electron chi connectivity index (χ0n) is 16.0. The SMILES string of the molecule is Cc1ccc([C@H]2[C@@H]3C(=O)N(c4c(Cl)cccc4Cl)C(=O)[C@@H]3N3CCCCN23)cc1. The van der Waals surface area contributed by atoms with Crippen LogP contribution in [0.5, 0.6) is 0 Å². The van der Waals surface area contributed by atoms with E-state index in [-0.39, 0.29) is 17.9 Å². The molecule has 0 radical (unpaired) electrons. The molecule has 0 bridgehead atoms. The Labute approximate surface area is 179 Å². The molecule has 3 aliphatic heterocycles. The van der Waals surface area contributed by atoms with Crippen molar-refractivity contribution in [2.75, 3.05) is 18.0 Å². The second kappa shape index (κ2) is 7.10. The second-order valence-electron chi connectivity index (χ2n) is 7.94. The van der Waals surface area contributed by atoms with Gasteiger partial charge in [0.1, 0.15) is 6.04 Å². The maximum Gasteiger partial charge on any atom is 0.253 e. The van der Waals surface area contributed by atoms with Crippen LogP contribution in [0, 0.1) is 12.8 Å². The quantitative estimate of drug-likeness (QED) is 0.669. The van der Waals surface area contributed by atoms with Gasteiger partial charge in [-0.05, 0) is 37.5 Å². The van der Waals surface area contributed by atoms with Gasteiger partial charge in [-0.25, -0.2) is 14.9 Å². The van der Waals surface area contributed by atoms with Crippen LogP contribution in [-0.4, -0.2) is 41.0 Å². The first kappa shape index (κ1) is 19.1. The zero-order chi connectivity index (χ0) is 20.3. The maximum absolute atomic E-state index is 13.6. The molecular formula is C22H21Cl2N3O2. The highest BCUT2D eigenvalue weighted by atomic mass is 35.5. The first-order valence-corrected chi connectivity index (χ1v) is 10.7. The van der Waals surface area contributed by atoms with Gasteiger partial charge in [-0.2, -0.15) is 0 Å². The van der Waals surface area contributed by atoms with Crippen LogP contribution in [0.3, 0.4) is 0 Å². The number of anilines is 1. The van der Waals surface area contributed by atoms with Gasteiger partial charge >= 0.3 is 0 Å². The van der Waals surface area contributed by atoms with E-state index in [1.807, 2.05) is 6.92 Å². The van der Waals surface area contributed by atoms with Crippen molar-refractivity contribution < 1.29 is 9.59 Å². The normalized spacial score (nSPS) is 27.4. The van der Waals surface area contributed by atoms with Crippen molar-refractivity contribution in [2.45, 2.75) is 31.8 Å². The molecular weight excluding hydrogens is 409 g/mol. The van der Waals surface area contributed by atoms with Crippen molar-refractivity contribution in [3.63, 3.8) is 0 Å². The molecule has 0 N–H and O–H groups in total. The highest BCUT2D eigenvalue weighted by molar-refractivity contribution is 6.42. The number of hydrogen-bond donors (Lipinski definition) is 0. The third kappa shape index (κ3) is 2.83. The summed E-state index contributed by atoms with van der Waals surface area (Å²) < 4.78 is 0. The molecule has 5 rings (SSSR count). The Morgan fingerprint density at radius 3 is 2.03 bits per heavy atom. The number of benzene rings is 2. The minimum atomic E-state index is -0.513. The standard InChI is InChI=1S/C22H21Cl2N3O2/c1-13-7-9-14(10-8-13)18-17-20(26-12-3-2-11-25(18)26)22(29)27(21(17)28)19-15(23)5-4-6-16(19)24/h4-10,17-18,20H,2-3,11-12H2,1H3/t17-,18-,20+/m0/s1. The Kier molecular flexibility index (Phi) is 4.67. The number of hydrogen-bond acceptors (Lipinski definition) is 4. The molecule has 2 aromatic carbocycles. The number of amides is 2. The van der Waals surface area contributed by atoms with E-state index < -0.39 is 12.0 Å². The van der Waals surface area contributed by atoms with E-state index in [2.05, 4.69) is 34.3 Å². The molecule has 0 aliphatic carbocycles. The lowest BCUT2D eigenvalue weighted by atomic mass is 9.90. The number of para-hydroxylation sites is 1. The first-order valence-electron chi connectivity index (χ1n) is 9.90. The summed E-state index contributed by atoms with van der Waals surface area (Å²) in [6.45, 7) is 3.66. The number of aryl methyl sites for hydroxylation is 1. The van der Waals surface area contributed by atoms with Crippen molar-refractivity contribution >= 4 is 40.7 Å². The molecule has 2 aromatic rings. The number of hydrazine groups is 1. The molecule has 5 nitrogen and oxygen atoms in total. The Morgan fingerprint density at radius 1 is 0.828 bits per heavy atom. The van der Waals surface area contributed by atoms with E-state index in [0.29, 0.717) is 15.7 Å². The van der Waals surface area contributed by atoms with Crippen LogP contribution in [0.4, 0.5) is 5.69 Å². The van der Waals surface area contributed by atoms with Gasteiger partial charge in [0.15, 0.2) is 0 Å². The minimum absolute atomic E-state index is 0.163. The first-order chi connectivity index (χ1) is 14.0. The lowest BCUT2D eigenvalue weighted by molar-refractivity contribution is -0.130. The number of fused-ring (bicyclic) bond motifs is 3. The summed E-state index contributed by atoms with van der Waals surface area (Å²) in [7, 11) is 0. The number of nitrogens with zero attached hydrogens (tertiary/aromatic N) is 3. The summed E-state index contributed by atoms with van der Waals surface area (Å²) in [5.74, 6) is -0.942.